The molecule has 4 heteroatoms. The standard InChI is InChI=1S/C30H50N2O2/c1-31(2,3)21-11-7-9-13-23-33-29-19-15-17-27(25-29)28-18-16-20-30(26-28)34-24-14-10-8-12-22-32(4,5)6/h15-20,25-26H,7-14,21-24H2,1-6H3/q+2. The minimum absolute atomic E-state index is 0.783. The number of nitrogens with zero attached hydrogens (tertiary/aromatic N) is 2. The van der Waals surface area contributed by atoms with Gasteiger partial charge in [0.2, 0.25) is 0 Å². The van der Waals surface area contributed by atoms with Gasteiger partial charge in [-0.3, -0.25) is 0 Å². The van der Waals surface area contributed by atoms with Crippen molar-refractivity contribution in [3.63, 3.8) is 0 Å². The summed E-state index contributed by atoms with van der Waals surface area (Å²) in [5, 5.41) is 0. The summed E-state index contributed by atoms with van der Waals surface area (Å²) in [6, 6.07) is 16.8. The predicted octanol–water partition coefficient (Wildman–Crippen LogP) is 6.64. The molecule has 34 heavy (non-hydrogen) atoms. The highest BCUT2D eigenvalue weighted by molar-refractivity contribution is 5.66. The molecular weight excluding hydrogens is 420 g/mol. The van der Waals surface area contributed by atoms with Crippen LogP contribution in [0.5, 0.6) is 11.5 Å². The SMILES string of the molecule is C[N+](C)(C)CCCCCCOc1cccc(-c2cccc(OCCCCCC[N+](C)(C)C)c2)c1. The number of hydrogen-bond acceptors (Lipinski definition) is 2. The highest BCUT2D eigenvalue weighted by Crippen LogP contribution is 2.27. The number of benzene rings is 2. The molecule has 0 aliphatic heterocycles. The first-order chi connectivity index (χ1) is 16.1. The van der Waals surface area contributed by atoms with Crippen LogP contribution < -0.4 is 9.47 Å². The Bertz CT molecular complexity index is 752. The summed E-state index contributed by atoms with van der Waals surface area (Å²) in [6.07, 6.45) is 9.82. The Morgan fingerprint density at radius 1 is 0.500 bits per heavy atom. The molecule has 0 saturated carbocycles. The lowest BCUT2D eigenvalue weighted by molar-refractivity contribution is -0.870. The van der Waals surface area contributed by atoms with Crippen LogP contribution in [0.1, 0.15) is 51.4 Å². The van der Waals surface area contributed by atoms with Crippen molar-refractivity contribution in [2.75, 3.05) is 68.6 Å². The molecule has 0 unspecified atom stereocenters. The smallest absolute Gasteiger partial charge is 0.119 e. The highest BCUT2D eigenvalue weighted by atomic mass is 16.5. The molecule has 0 fully saturated rings. The van der Waals surface area contributed by atoms with Crippen LogP contribution in [0.2, 0.25) is 0 Å². The Kier molecular flexibility index (Phi) is 11.9. The van der Waals surface area contributed by atoms with Gasteiger partial charge in [0, 0.05) is 0 Å². The van der Waals surface area contributed by atoms with Gasteiger partial charge in [-0.2, -0.15) is 0 Å². The highest BCUT2D eigenvalue weighted by Gasteiger charge is 2.07. The fourth-order valence-corrected chi connectivity index (χ4v) is 3.99. The summed E-state index contributed by atoms with van der Waals surface area (Å²) < 4.78 is 14.2. The van der Waals surface area contributed by atoms with Gasteiger partial charge in [-0.25, -0.2) is 0 Å². The molecule has 0 spiro atoms. The monoisotopic (exact) mass is 470 g/mol. The van der Waals surface area contributed by atoms with Crippen molar-refractivity contribution in [2.45, 2.75) is 51.4 Å². The quantitative estimate of drug-likeness (QED) is 0.190. The summed E-state index contributed by atoms with van der Waals surface area (Å²) in [6.45, 7) is 4.04. The first-order valence-electron chi connectivity index (χ1n) is 13.2. The lowest BCUT2D eigenvalue weighted by Gasteiger charge is -2.23. The van der Waals surface area contributed by atoms with Crippen molar-refractivity contribution in [2.24, 2.45) is 0 Å². The van der Waals surface area contributed by atoms with Crippen molar-refractivity contribution in [3.8, 4) is 22.6 Å². The molecule has 0 aliphatic rings. The van der Waals surface area contributed by atoms with Gasteiger partial charge in [-0.05, 0) is 86.8 Å². The fraction of sp³-hybridized carbons (Fsp3) is 0.600. The van der Waals surface area contributed by atoms with Crippen LogP contribution in [0.25, 0.3) is 11.1 Å². The van der Waals surface area contributed by atoms with E-state index in [9.17, 15) is 0 Å². The molecule has 0 bridgehead atoms. The van der Waals surface area contributed by atoms with Gasteiger partial charge in [0.25, 0.3) is 0 Å². The van der Waals surface area contributed by atoms with E-state index in [-0.39, 0.29) is 0 Å². The van der Waals surface area contributed by atoms with E-state index in [1.807, 2.05) is 0 Å². The third kappa shape index (κ3) is 13.0. The van der Waals surface area contributed by atoms with E-state index in [2.05, 4.69) is 90.8 Å². The van der Waals surface area contributed by atoms with E-state index in [0.717, 1.165) is 46.5 Å². The zero-order valence-corrected chi connectivity index (χ0v) is 22.8. The molecule has 0 radical (unpaired) electrons. The molecule has 0 N–H and O–H groups in total. The van der Waals surface area contributed by atoms with Crippen molar-refractivity contribution < 1.29 is 18.4 Å². The Morgan fingerprint density at radius 2 is 0.882 bits per heavy atom. The topological polar surface area (TPSA) is 18.5 Å². The first kappa shape index (κ1) is 28.2. The summed E-state index contributed by atoms with van der Waals surface area (Å²) in [5.74, 6) is 1.90. The van der Waals surface area contributed by atoms with Gasteiger partial charge in [0.15, 0.2) is 0 Å². The van der Waals surface area contributed by atoms with Gasteiger partial charge < -0.3 is 18.4 Å². The van der Waals surface area contributed by atoms with Crippen molar-refractivity contribution >= 4 is 0 Å². The van der Waals surface area contributed by atoms with E-state index >= 15 is 0 Å². The van der Waals surface area contributed by atoms with Crippen LogP contribution >= 0.6 is 0 Å². The first-order valence-corrected chi connectivity index (χ1v) is 13.2. The molecule has 2 aromatic rings. The van der Waals surface area contributed by atoms with E-state index in [1.54, 1.807) is 0 Å². The van der Waals surface area contributed by atoms with E-state index in [4.69, 9.17) is 9.47 Å². The minimum atomic E-state index is 0.783. The summed E-state index contributed by atoms with van der Waals surface area (Å²) in [5.41, 5.74) is 2.34. The molecule has 0 amide bonds. The summed E-state index contributed by atoms with van der Waals surface area (Å²) in [4.78, 5) is 0. The average molecular weight is 471 g/mol. The Balaban J connectivity index is 1.71. The maximum Gasteiger partial charge on any atom is 0.119 e. The third-order valence-electron chi connectivity index (χ3n) is 5.99. The average Bonchev–Trinajstić information content (AvgIpc) is 2.77. The Labute approximate surface area is 209 Å². The van der Waals surface area contributed by atoms with Crippen LogP contribution in [0.4, 0.5) is 0 Å². The molecule has 190 valence electrons. The molecule has 0 heterocycles. The predicted molar refractivity (Wildman–Crippen MR) is 146 cm³/mol. The molecule has 2 aromatic carbocycles. The van der Waals surface area contributed by atoms with Crippen LogP contribution in [-0.2, 0) is 0 Å². The molecule has 4 nitrogen and oxygen atoms in total. The lowest BCUT2D eigenvalue weighted by atomic mass is 10.1. The van der Waals surface area contributed by atoms with E-state index in [1.165, 1.54) is 62.7 Å². The van der Waals surface area contributed by atoms with Crippen LogP contribution in [-0.4, -0.2) is 77.6 Å². The number of quaternary nitrogens is 2. The second-order valence-electron chi connectivity index (χ2n) is 11.6. The normalized spacial score (nSPS) is 12.1. The van der Waals surface area contributed by atoms with Crippen LogP contribution in [0, 0.1) is 0 Å². The number of ether oxygens (including phenoxy) is 2. The van der Waals surface area contributed by atoms with Gasteiger partial charge in [-0.15, -0.1) is 0 Å². The lowest BCUT2D eigenvalue weighted by Crippen LogP contribution is -2.35. The van der Waals surface area contributed by atoms with Crippen molar-refractivity contribution in [1.82, 2.24) is 0 Å². The Morgan fingerprint density at radius 3 is 1.26 bits per heavy atom. The number of hydrogen-bond donors (Lipinski definition) is 0. The summed E-state index contributed by atoms with van der Waals surface area (Å²) in [7, 11) is 13.5. The largest absolute Gasteiger partial charge is 0.494 e. The molecule has 0 saturated heterocycles. The zero-order chi connectivity index (χ0) is 24.9. The van der Waals surface area contributed by atoms with E-state index < -0.39 is 0 Å². The van der Waals surface area contributed by atoms with Crippen LogP contribution in [0.3, 0.4) is 0 Å². The minimum Gasteiger partial charge on any atom is -0.494 e. The number of unbranched alkanes of at least 4 members (excludes halogenated alkanes) is 6. The molecular formula is C30H50N2O2+2. The fourth-order valence-electron chi connectivity index (χ4n) is 3.99. The van der Waals surface area contributed by atoms with Gasteiger partial charge in [0.1, 0.15) is 11.5 Å². The molecule has 0 aliphatic carbocycles. The van der Waals surface area contributed by atoms with Gasteiger partial charge >= 0.3 is 0 Å². The van der Waals surface area contributed by atoms with Gasteiger partial charge in [0.05, 0.1) is 68.6 Å². The van der Waals surface area contributed by atoms with Gasteiger partial charge in [-0.1, -0.05) is 24.3 Å². The third-order valence-corrected chi connectivity index (χ3v) is 5.99. The molecule has 0 atom stereocenters. The number of rotatable bonds is 17. The maximum absolute atomic E-state index is 6.04. The summed E-state index contributed by atoms with van der Waals surface area (Å²) >= 11 is 0. The zero-order valence-electron chi connectivity index (χ0n) is 22.8. The van der Waals surface area contributed by atoms with Crippen molar-refractivity contribution in [1.29, 1.82) is 0 Å². The second-order valence-corrected chi connectivity index (χ2v) is 11.6. The van der Waals surface area contributed by atoms with E-state index in [0.29, 0.717) is 0 Å². The van der Waals surface area contributed by atoms with Crippen molar-refractivity contribution in [3.05, 3.63) is 48.5 Å². The van der Waals surface area contributed by atoms with Crippen LogP contribution in [0.15, 0.2) is 48.5 Å². The molecule has 0 aromatic heterocycles. The Hall–Kier alpha value is -2.04. The molecule has 2 rings (SSSR count). The maximum atomic E-state index is 6.04. The second kappa shape index (κ2) is 14.4.